The van der Waals surface area contributed by atoms with E-state index in [1.54, 1.807) is 0 Å². The van der Waals surface area contributed by atoms with E-state index >= 15 is 0 Å². The summed E-state index contributed by atoms with van der Waals surface area (Å²) in [7, 11) is 0. The van der Waals surface area contributed by atoms with Crippen LogP contribution in [0.25, 0.3) is 0 Å². The molecule has 21 heavy (non-hydrogen) atoms. The lowest BCUT2D eigenvalue weighted by Gasteiger charge is -2.21. The molecular weight excluding hydrogens is 260 g/mol. The Morgan fingerprint density at radius 1 is 1.00 bits per heavy atom. The minimum absolute atomic E-state index is 0.00543. The monoisotopic (exact) mass is 292 g/mol. The van der Waals surface area contributed by atoms with Crippen LogP contribution in [-0.4, -0.2) is 19.5 Å². The third-order valence-electron chi connectivity index (χ3n) is 3.81. The summed E-state index contributed by atoms with van der Waals surface area (Å²) in [5.74, 6) is 6.30. The molecule has 0 N–H and O–H groups in total. The summed E-state index contributed by atoms with van der Waals surface area (Å²) >= 11 is 0. The van der Waals surface area contributed by atoms with Crippen LogP contribution < -0.4 is 0 Å². The second-order valence-corrected chi connectivity index (χ2v) is 5.76. The van der Waals surface area contributed by atoms with Gasteiger partial charge >= 0.3 is 0 Å². The van der Waals surface area contributed by atoms with Gasteiger partial charge in [-0.3, -0.25) is 0 Å². The predicted molar refractivity (Wildman–Crippen MR) is 89.1 cm³/mol. The third-order valence-corrected chi connectivity index (χ3v) is 3.81. The van der Waals surface area contributed by atoms with Crippen LogP contribution in [-0.2, 0) is 9.47 Å². The Bertz CT molecular complexity index is 294. The Morgan fingerprint density at radius 2 is 1.76 bits per heavy atom. The minimum atomic E-state index is -0.00543. The molecule has 1 fully saturated rings. The Balaban J connectivity index is 1.79. The second-order valence-electron chi connectivity index (χ2n) is 5.76. The van der Waals surface area contributed by atoms with E-state index in [1.807, 2.05) is 6.08 Å². The molecule has 0 amide bonds. The molecule has 0 aromatic rings. The molecular formula is C19H32O2. The fourth-order valence-corrected chi connectivity index (χ4v) is 2.50. The van der Waals surface area contributed by atoms with Gasteiger partial charge in [-0.15, -0.1) is 12.5 Å². The van der Waals surface area contributed by atoms with Crippen molar-refractivity contribution in [2.45, 2.75) is 83.3 Å². The molecule has 1 saturated heterocycles. The lowest BCUT2D eigenvalue weighted by Crippen LogP contribution is -2.22. The number of hydrogen-bond donors (Lipinski definition) is 0. The summed E-state index contributed by atoms with van der Waals surface area (Å²) in [4.78, 5) is 0. The van der Waals surface area contributed by atoms with Crippen LogP contribution in [0.15, 0.2) is 12.7 Å². The van der Waals surface area contributed by atoms with Gasteiger partial charge in [0.15, 0.2) is 6.29 Å². The first-order chi connectivity index (χ1) is 10.4. The normalized spacial score (nSPS) is 18.0. The maximum atomic E-state index is 5.57. The van der Waals surface area contributed by atoms with E-state index < -0.39 is 0 Å². The molecule has 1 heterocycles. The highest BCUT2D eigenvalue weighted by Gasteiger charge is 2.12. The first kappa shape index (κ1) is 18.3. The number of unbranched alkanes of at least 4 members (excludes halogenated alkanes) is 8. The van der Waals surface area contributed by atoms with Crippen molar-refractivity contribution >= 4 is 0 Å². The number of hydrogen-bond acceptors (Lipinski definition) is 2. The van der Waals surface area contributed by atoms with E-state index in [-0.39, 0.29) is 6.29 Å². The van der Waals surface area contributed by atoms with Gasteiger partial charge in [-0.2, -0.15) is 0 Å². The molecule has 2 heteroatoms. The van der Waals surface area contributed by atoms with Crippen molar-refractivity contribution in [2.75, 3.05) is 13.2 Å². The van der Waals surface area contributed by atoms with E-state index in [4.69, 9.17) is 9.47 Å². The molecule has 0 saturated carbocycles. The van der Waals surface area contributed by atoms with E-state index in [1.165, 1.54) is 64.2 Å². The minimum Gasteiger partial charge on any atom is -0.353 e. The lowest BCUT2D eigenvalue weighted by molar-refractivity contribution is -0.154. The highest BCUT2D eigenvalue weighted by Crippen LogP contribution is 2.13. The molecule has 0 aliphatic carbocycles. The molecule has 120 valence electrons. The van der Waals surface area contributed by atoms with Gasteiger partial charge in [-0.25, -0.2) is 0 Å². The van der Waals surface area contributed by atoms with Gasteiger partial charge < -0.3 is 9.47 Å². The van der Waals surface area contributed by atoms with Crippen molar-refractivity contribution in [1.29, 1.82) is 0 Å². The average Bonchev–Trinajstić information content (AvgIpc) is 2.53. The Labute approximate surface area is 131 Å². The SMILES string of the molecule is C=CCCCCCCCCCC#CCOC1CCCCO1. The second kappa shape index (κ2) is 14.2. The molecule has 0 aromatic carbocycles. The molecule has 1 aliphatic heterocycles. The quantitative estimate of drug-likeness (QED) is 0.295. The first-order valence-corrected chi connectivity index (χ1v) is 8.73. The van der Waals surface area contributed by atoms with Crippen molar-refractivity contribution in [2.24, 2.45) is 0 Å². The van der Waals surface area contributed by atoms with E-state index in [9.17, 15) is 0 Å². The number of rotatable bonds is 11. The predicted octanol–water partition coefficient (Wildman–Crippen LogP) is 5.23. The maximum absolute atomic E-state index is 5.57. The highest BCUT2D eigenvalue weighted by molar-refractivity contribution is 4.98. The average molecular weight is 292 g/mol. The smallest absolute Gasteiger partial charge is 0.158 e. The van der Waals surface area contributed by atoms with E-state index in [2.05, 4.69) is 18.4 Å². The van der Waals surface area contributed by atoms with Crippen LogP contribution in [0.1, 0.15) is 77.0 Å². The molecule has 1 aliphatic rings. The summed E-state index contributed by atoms with van der Waals surface area (Å²) in [5, 5.41) is 0. The van der Waals surface area contributed by atoms with Gasteiger partial charge in [0.25, 0.3) is 0 Å². The first-order valence-electron chi connectivity index (χ1n) is 8.73. The summed E-state index contributed by atoms with van der Waals surface area (Å²) in [6, 6.07) is 0. The lowest BCUT2D eigenvalue weighted by atomic mass is 10.1. The zero-order valence-corrected chi connectivity index (χ0v) is 13.6. The van der Waals surface area contributed by atoms with Crippen molar-refractivity contribution in [3.63, 3.8) is 0 Å². The van der Waals surface area contributed by atoms with Crippen LogP contribution >= 0.6 is 0 Å². The van der Waals surface area contributed by atoms with Crippen molar-refractivity contribution in [3.8, 4) is 11.8 Å². The highest BCUT2D eigenvalue weighted by atomic mass is 16.7. The number of allylic oxidation sites excluding steroid dienone is 1. The van der Waals surface area contributed by atoms with Gasteiger partial charge in [0.2, 0.25) is 0 Å². The fourth-order valence-electron chi connectivity index (χ4n) is 2.50. The van der Waals surface area contributed by atoms with Crippen LogP contribution in [0.4, 0.5) is 0 Å². The topological polar surface area (TPSA) is 18.5 Å². The molecule has 1 unspecified atom stereocenters. The maximum Gasteiger partial charge on any atom is 0.158 e. The van der Waals surface area contributed by atoms with E-state index in [0.29, 0.717) is 6.61 Å². The van der Waals surface area contributed by atoms with E-state index in [0.717, 1.165) is 19.4 Å². The summed E-state index contributed by atoms with van der Waals surface area (Å²) in [5.41, 5.74) is 0. The Hall–Kier alpha value is -0.780. The summed E-state index contributed by atoms with van der Waals surface area (Å²) in [6.45, 7) is 5.11. The zero-order valence-electron chi connectivity index (χ0n) is 13.6. The van der Waals surface area contributed by atoms with Gasteiger partial charge in [0.05, 0.1) is 0 Å². The molecule has 1 rings (SSSR count). The Kier molecular flexibility index (Phi) is 12.3. The fraction of sp³-hybridized carbons (Fsp3) is 0.789. The van der Waals surface area contributed by atoms with Crippen LogP contribution in [0.5, 0.6) is 0 Å². The number of ether oxygens (including phenoxy) is 2. The Morgan fingerprint density at radius 3 is 2.48 bits per heavy atom. The van der Waals surface area contributed by atoms with Crippen molar-refractivity contribution in [1.82, 2.24) is 0 Å². The molecule has 0 radical (unpaired) electrons. The molecule has 1 atom stereocenters. The van der Waals surface area contributed by atoms with Gasteiger partial charge in [-0.05, 0) is 38.5 Å². The summed E-state index contributed by atoms with van der Waals surface area (Å²) < 4.78 is 11.1. The van der Waals surface area contributed by atoms with Crippen LogP contribution in [0.2, 0.25) is 0 Å². The largest absolute Gasteiger partial charge is 0.353 e. The van der Waals surface area contributed by atoms with Crippen LogP contribution in [0, 0.1) is 11.8 Å². The third kappa shape index (κ3) is 11.5. The summed E-state index contributed by atoms with van der Waals surface area (Å²) in [6.07, 6.45) is 16.9. The van der Waals surface area contributed by atoms with Crippen LogP contribution in [0.3, 0.4) is 0 Å². The molecule has 2 nitrogen and oxygen atoms in total. The van der Waals surface area contributed by atoms with Crippen molar-refractivity contribution < 1.29 is 9.47 Å². The van der Waals surface area contributed by atoms with Gasteiger partial charge in [-0.1, -0.05) is 44.1 Å². The van der Waals surface area contributed by atoms with Gasteiger partial charge in [0.1, 0.15) is 6.61 Å². The molecule has 0 spiro atoms. The van der Waals surface area contributed by atoms with Crippen molar-refractivity contribution in [3.05, 3.63) is 12.7 Å². The van der Waals surface area contributed by atoms with Gasteiger partial charge in [0, 0.05) is 13.0 Å². The zero-order chi connectivity index (χ0) is 15.0. The standard InChI is InChI=1S/C19H32O2/c1-2-3-4-5-6-7-8-9-10-11-12-14-17-20-19-16-13-15-18-21-19/h2,19H,1,3-11,13,15-18H2. The molecule has 0 aromatic heterocycles. The molecule has 0 bridgehead atoms.